The minimum atomic E-state index is -0.989. The van der Waals surface area contributed by atoms with Crippen molar-refractivity contribution < 1.29 is 9.90 Å². The van der Waals surface area contributed by atoms with E-state index in [0.717, 1.165) is 26.7 Å². The van der Waals surface area contributed by atoms with Crippen molar-refractivity contribution in [3.8, 4) is 17.2 Å². The first-order chi connectivity index (χ1) is 9.08. The molecule has 0 aliphatic rings. The molecule has 0 fully saturated rings. The number of aryl methyl sites for hydroxylation is 1. The molecular formula is C14H11NO2S2. The first kappa shape index (κ1) is 13.7. The molecule has 0 radical (unpaired) electrons. The minimum Gasteiger partial charge on any atom is -0.477 e. The summed E-state index contributed by atoms with van der Waals surface area (Å²) in [5.74, 6) is -0.989. The van der Waals surface area contributed by atoms with Crippen LogP contribution in [0.25, 0.3) is 11.1 Å². The number of benzene rings is 1. The van der Waals surface area contributed by atoms with Gasteiger partial charge in [-0.2, -0.15) is 5.26 Å². The molecule has 2 aromatic rings. The summed E-state index contributed by atoms with van der Waals surface area (Å²) in [5.41, 5.74) is 2.86. The predicted octanol–water partition coefficient (Wildman–Crippen LogP) is 4.02. The van der Waals surface area contributed by atoms with Crippen LogP contribution in [-0.2, 0) is 0 Å². The van der Waals surface area contributed by atoms with Gasteiger partial charge in [0.05, 0.1) is 9.77 Å². The van der Waals surface area contributed by atoms with Gasteiger partial charge in [0.1, 0.15) is 10.9 Å². The van der Waals surface area contributed by atoms with Crippen LogP contribution < -0.4 is 0 Å². The van der Waals surface area contributed by atoms with Gasteiger partial charge in [-0.25, -0.2) is 4.79 Å². The summed E-state index contributed by atoms with van der Waals surface area (Å²) in [4.78, 5) is 11.6. The number of nitriles is 1. The Morgan fingerprint density at radius 3 is 2.47 bits per heavy atom. The van der Waals surface area contributed by atoms with Gasteiger partial charge in [-0.3, -0.25) is 0 Å². The maximum atomic E-state index is 11.4. The predicted molar refractivity (Wildman–Crippen MR) is 77.9 cm³/mol. The molecule has 0 saturated carbocycles. The van der Waals surface area contributed by atoms with Crippen LogP contribution in [0.5, 0.6) is 0 Å². The third kappa shape index (κ3) is 2.50. The van der Waals surface area contributed by atoms with Gasteiger partial charge in [0.25, 0.3) is 0 Å². The fourth-order valence-corrected chi connectivity index (χ4v) is 3.58. The average molecular weight is 289 g/mol. The highest BCUT2D eigenvalue weighted by Crippen LogP contribution is 2.40. The van der Waals surface area contributed by atoms with E-state index in [0.29, 0.717) is 11.1 Å². The first-order valence-corrected chi connectivity index (χ1v) is 7.53. The summed E-state index contributed by atoms with van der Waals surface area (Å²) in [6.45, 7) is 1.97. The van der Waals surface area contributed by atoms with Crippen molar-refractivity contribution in [2.24, 2.45) is 0 Å². The number of thioether (sulfide) groups is 1. The molecule has 0 amide bonds. The molecule has 1 aromatic heterocycles. The Balaban J connectivity index is 2.73. The van der Waals surface area contributed by atoms with Crippen LogP contribution in [0.2, 0.25) is 0 Å². The SMILES string of the molecule is CSc1sc(C(=O)O)c(-c2ccc(C)cc2)c1C#N. The molecule has 0 spiro atoms. The quantitative estimate of drug-likeness (QED) is 0.867. The van der Waals surface area contributed by atoms with Crippen LogP contribution >= 0.6 is 23.1 Å². The third-order valence-corrected chi connectivity index (χ3v) is 5.00. The van der Waals surface area contributed by atoms with Crippen molar-refractivity contribution >= 4 is 29.1 Å². The summed E-state index contributed by atoms with van der Waals surface area (Å²) in [6, 6.07) is 9.67. The molecule has 0 atom stereocenters. The summed E-state index contributed by atoms with van der Waals surface area (Å²) in [7, 11) is 0. The van der Waals surface area contributed by atoms with E-state index >= 15 is 0 Å². The van der Waals surface area contributed by atoms with E-state index in [1.807, 2.05) is 37.4 Å². The standard InChI is InChI=1S/C14H11NO2S2/c1-8-3-5-9(6-4-8)11-10(7-15)14(18-2)19-12(11)13(16)17/h3-6H,1-2H3,(H,16,17). The van der Waals surface area contributed by atoms with Crippen molar-refractivity contribution in [2.75, 3.05) is 6.26 Å². The normalized spacial score (nSPS) is 10.2. The van der Waals surface area contributed by atoms with Gasteiger partial charge in [0, 0.05) is 5.56 Å². The molecule has 0 aliphatic carbocycles. The number of carboxylic acid groups (broad SMARTS) is 1. The fourth-order valence-electron chi connectivity index (χ4n) is 1.80. The summed E-state index contributed by atoms with van der Waals surface area (Å²) >= 11 is 2.56. The maximum absolute atomic E-state index is 11.4. The second kappa shape index (κ2) is 5.47. The van der Waals surface area contributed by atoms with Gasteiger partial charge >= 0.3 is 5.97 Å². The largest absolute Gasteiger partial charge is 0.477 e. The third-order valence-electron chi connectivity index (χ3n) is 2.71. The van der Waals surface area contributed by atoms with Gasteiger partial charge < -0.3 is 5.11 Å². The Bertz CT molecular complexity index is 666. The van der Waals surface area contributed by atoms with Crippen LogP contribution in [0.15, 0.2) is 28.5 Å². The van der Waals surface area contributed by atoms with Gasteiger partial charge in [-0.15, -0.1) is 23.1 Å². The molecule has 2 rings (SSSR count). The van der Waals surface area contributed by atoms with E-state index in [4.69, 9.17) is 0 Å². The number of hydrogen-bond donors (Lipinski definition) is 1. The highest BCUT2D eigenvalue weighted by atomic mass is 32.2. The van der Waals surface area contributed by atoms with Gasteiger partial charge in [0.15, 0.2) is 0 Å². The number of thiophene rings is 1. The van der Waals surface area contributed by atoms with Gasteiger partial charge in [-0.05, 0) is 18.7 Å². The van der Waals surface area contributed by atoms with Crippen LogP contribution in [0.3, 0.4) is 0 Å². The average Bonchev–Trinajstić information content (AvgIpc) is 2.78. The molecule has 3 nitrogen and oxygen atoms in total. The highest BCUT2D eigenvalue weighted by molar-refractivity contribution is 8.00. The first-order valence-electron chi connectivity index (χ1n) is 5.49. The smallest absolute Gasteiger partial charge is 0.346 e. The zero-order chi connectivity index (χ0) is 14.0. The summed E-state index contributed by atoms with van der Waals surface area (Å²) in [6.07, 6.45) is 1.84. The Labute approximate surface area is 119 Å². The fraction of sp³-hybridized carbons (Fsp3) is 0.143. The van der Waals surface area contributed by atoms with Crippen LogP contribution in [0, 0.1) is 18.3 Å². The van der Waals surface area contributed by atoms with Crippen molar-refractivity contribution in [3.05, 3.63) is 40.3 Å². The Morgan fingerprint density at radius 2 is 2.00 bits per heavy atom. The second-order valence-corrected chi connectivity index (χ2v) is 6.05. The van der Waals surface area contributed by atoms with Crippen molar-refractivity contribution in [1.29, 1.82) is 5.26 Å². The number of rotatable bonds is 3. The second-order valence-electron chi connectivity index (χ2n) is 3.96. The monoisotopic (exact) mass is 289 g/mol. The minimum absolute atomic E-state index is 0.227. The van der Waals surface area contributed by atoms with E-state index < -0.39 is 5.97 Å². The lowest BCUT2D eigenvalue weighted by Gasteiger charge is -2.02. The molecular weight excluding hydrogens is 278 g/mol. The van der Waals surface area contributed by atoms with E-state index in [1.54, 1.807) is 0 Å². The van der Waals surface area contributed by atoms with Crippen molar-refractivity contribution in [2.45, 2.75) is 11.1 Å². The molecule has 1 heterocycles. The van der Waals surface area contributed by atoms with E-state index in [1.165, 1.54) is 11.8 Å². The molecule has 96 valence electrons. The van der Waals surface area contributed by atoms with Gasteiger partial charge in [0.2, 0.25) is 0 Å². The van der Waals surface area contributed by atoms with Crippen molar-refractivity contribution in [3.63, 3.8) is 0 Å². The zero-order valence-electron chi connectivity index (χ0n) is 10.4. The van der Waals surface area contributed by atoms with Crippen LogP contribution in [0.1, 0.15) is 20.8 Å². The number of carbonyl (C=O) groups is 1. The van der Waals surface area contributed by atoms with Crippen LogP contribution in [0.4, 0.5) is 0 Å². The van der Waals surface area contributed by atoms with E-state index in [2.05, 4.69) is 6.07 Å². The maximum Gasteiger partial charge on any atom is 0.346 e. The lowest BCUT2D eigenvalue weighted by molar-refractivity contribution is 0.0703. The number of aromatic carboxylic acids is 1. The van der Waals surface area contributed by atoms with Crippen molar-refractivity contribution in [1.82, 2.24) is 0 Å². The highest BCUT2D eigenvalue weighted by Gasteiger charge is 2.23. The molecule has 0 saturated heterocycles. The summed E-state index contributed by atoms with van der Waals surface area (Å²) < 4.78 is 0.746. The lowest BCUT2D eigenvalue weighted by atomic mass is 10.0. The number of nitrogens with zero attached hydrogens (tertiary/aromatic N) is 1. The molecule has 0 aliphatic heterocycles. The molecule has 5 heteroatoms. The number of carboxylic acids is 1. The Kier molecular flexibility index (Phi) is 3.93. The lowest BCUT2D eigenvalue weighted by Crippen LogP contribution is -1.95. The Morgan fingerprint density at radius 1 is 1.37 bits per heavy atom. The molecule has 1 aromatic carbocycles. The molecule has 0 unspecified atom stereocenters. The van der Waals surface area contributed by atoms with Gasteiger partial charge in [-0.1, -0.05) is 29.8 Å². The summed E-state index contributed by atoms with van der Waals surface area (Å²) in [5, 5.41) is 18.6. The molecule has 0 bridgehead atoms. The number of hydrogen-bond acceptors (Lipinski definition) is 4. The van der Waals surface area contributed by atoms with E-state index in [-0.39, 0.29) is 4.88 Å². The molecule has 19 heavy (non-hydrogen) atoms. The zero-order valence-corrected chi connectivity index (χ0v) is 12.1. The van der Waals surface area contributed by atoms with E-state index in [9.17, 15) is 15.2 Å². The molecule has 1 N–H and O–H groups in total. The Hall–Kier alpha value is -1.77. The topological polar surface area (TPSA) is 61.1 Å². The van der Waals surface area contributed by atoms with Crippen LogP contribution in [-0.4, -0.2) is 17.3 Å².